The third-order valence-corrected chi connectivity index (χ3v) is 5.67. The van der Waals surface area contributed by atoms with Crippen LogP contribution < -0.4 is 15.2 Å². The van der Waals surface area contributed by atoms with Crippen LogP contribution in [0.4, 0.5) is 5.69 Å². The number of non-ortho nitro benzene ring substituents is 1. The number of nitro groups is 1. The van der Waals surface area contributed by atoms with E-state index in [-0.39, 0.29) is 29.6 Å². The summed E-state index contributed by atoms with van der Waals surface area (Å²) in [7, 11) is 3.01. The van der Waals surface area contributed by atoms with Crippen molar-refractivity contribution in [2.45, 2.75) is 6.54 Å². The minimum atomic E-state index is -0.773. The van der Waals surface area contributed by atoms with E-state index in [1.165, 1.54) is 26.4 Å². The standard InChI is InChI=1S/C22H22N4O8/c1-32-16-9-14(10-17(12-16)33-2)21(28)24-7-5-23(6-8-24)20(27)13-25-18-4-3-15(26(30)31)11-19(18)34-22(25)29/h3-4,9-12H,5-8,13H2,1-2H3. The summed E-state index contributed by atoms with van der Waals surface area (Å²) >= 11 is 0. The van der Waals surface area contributed by atoms with Gasteiger partial charge in [0, 0.05) is 43.9 Å². The molecule has 0 radical (unpaired) electrons. The number of benzene rings is 2. The third-order valence-electron chi connectivity index (χ3n) is 5.67. The molecule has 1 fully saturated rings. The summed E-state index contributed by atoms with van der Waals surface area (Å²) in [6, 6.07) is 8.70. The molecule has 0 N–H and O–H groups in total. The van der Waals surface area contributed by atoms with Gasteiger partial charge in [-0.05, 0) is 18.2 Å². The van der Waals surface area contributed by atoms with Gasteiger partial charge in [-0.25, -0.2) is 4.79 Å². The van der Waals surface area contributed by atoms with Gasteiger partial charge in [0.15, 0.2) is 5.58 Å². The average molecular weight is 470 g/mol. The minimum Gasteiger partial charge on any atom is -0.497 e. The minimum absolute atomic E-state index is 0.0381. The van der Waals surface area contributed by atoms with Crippen LogP contribution in [0.1, 0.15) is 10.4 Å². The fraction of sp³-hybridized carbons (Fsp3) is 0.318. The zero-order valence-corrected chi connectivity index (χ0v) is 18.6. The number of oxazole rings is 1. The van der Waals surface area contributed by atoms with Crippen molar-refractivity contribution in [3.05, 3.63) is 62.6 Å². The fourth-order valence-corrected chi connectivity index (χ4v) is 3.83. The number of hydrogen-bond donors (Lipinski definition) is 0. The molecule has 3 aromatic rings. The molecule has 1 aliphatic heterocycles. The summed E-state index contributed by atoms with van der Waals surface area (Å²) in [6.45, 7) is 0.947. The number of ether oxygens (including phenoxy) is 2. The molecule has 2 amide bonds. The van der Waals surface area contributed by atoms with E-state index >= 15 is 0 Å². The first-order chi connectivity index (χ1) is 16.3. The SMILES string of the molecule is COc1cc(OC)cc(C(=O)N2CCN(C(=O)Cn3c(=O)oc4cc([N+](=O)[O-])ccc43)CC2)c1. The van der Waals surface area contributed by atoms with Crippen molar-refractivity contribution in [2.24, 2.45) is 0 Å². The highest BCUT2D eigenvalue weighted by molar-refractivity contribution is 5.95. The second kappa shape index (κ2) is 9.25. The average Bonchev–Trinajstić information content (AvgIpc) is 3.17. The molecule has 1 aromatic heterocycles. The van der Waals surface area contributed by atoms with Crippen LogP contribution in [-0.2, 0) is 11.3 Å². The van der Waals surface area contributed by atoms with Crippen LogP contribution in [0.5, 0.6) is 11.5 Å². The predicted octanol–water partition coefficient (Wildman–Crippen LogP) is 1.50. The molecule has 0 aliphatic carbocycles. The smallest absolute Gasteiger partial charge is 0.420 e. The summed E-state index contributed by atoms with van der Waals surface area (Å²) in [5, 5.41) is 10.9. The molecule has 0 unspecified atom stereocenters. The molecule has 2 heterocycles. The number of fused-ring (bicyclic) bond motifs is 1. The van der Waals surface area contributed by atoms with Crippen molar-refractivity contribution >= 4 is 28.6 Å². The van der Waals surface area contributed by atoms with E-state index in [9.17, 15) is 24.5 Å². The van der Waals surface area contributed by atoms with Gasteiger partial charge in [0.1, 0.15) is 18.0 Å². The van der Waals surface area contributed by atoms with Crippen LogP contribution in [0.25, 0.3) is 11.1 Å². The summed E-state index contributed by atoms with van der Waals surface area (Å²) in [5.41, 5.74) is 0.538. The zero-order chi connectivity index (χ0) is 24.4. The Morgan fingerprint density at radius 2 is 1.62 bits per heavy atom. The number of rotatable bonds is 6. The second-order valence-corrected chi connectivity index (χ2v) is 7.64. The van der Waals surface area contributed by atoms with Gasteiger partial charge in [0.2, 0.25) is 5.91 Å². The van der Waals surface area contributed by atoms with Gasteiger partial charge in [-0.1, -0.05) is 0 Å². The Balaban J connectivity index is 1.42. The first-order valence-electron chi connectivity index (χ1n) is 10.4. The number of nitro benzene ring substituents is 1. The molecule has 0 spiro atoms. The Labute approximate surface area is 193 Å². The third kappa shape index (κ3) is 4.42. The van der Waals surface area contributed by atoms with Crippen LogP contribution in [0.2, 0.25) is 0 Å². The van der Waals surface area contributed by atoms with E-state index in [0.29, 0.717) is 48.8 Å². The maximum Gasteiger partial charge on any atom is 0.420 e. The number of hydrogen-bond acceptors (Lipinski definition) is 8. The van der Waals surface area contributed by atoms with Crippen molar-refractivity contribution < 1.29 is 28.4 Å². The maximum absolute atomic E-state index is 12.9. The Kier molecular flexibility index (Phi) is 6.21. The van der Waals surface area contributed by atoms with Crippen molar-refractivity contribution in [1.82, 2.24) is 14.4 Å². The van der Waals surface area contributed by atoms with Crippen LogP contribution in [-0.4, -0.2) is 71.5 Å². The van der Waals surface area contributed by atoms with Gasteiger partial charge in [-0.2, -0.15) is 0 Å². The number of methoxy groups -OCH3 is 2. The first-order valence-corrected chi connectivity index (χ1v) is 10.4. The molecule has 12 nitrogen and oxygen atoms in total. The van der Waals surface area contributed by atoms with Crippen LogP contribution in [0.3, 0.4) is 0 Å². The second-order valence-electron chi connectivity index (χ2n) is 7.64. The Bertz CT molecular complexity index is 1300. The molecule has 4 rings (SSSR count). The van der Waals surface area contributed by atoms with E-state index in [4.69, 9.17) is 13.9 Å². The molecular weight excluding hydrogens is 448 g/mol. The number of carbonyl (C=O) groups is 2. The Morgan fingerprint density at radius 3 is 2.21 bits per heavy atom. The molecule has 2 aromatic carbocycles. The van der Waals surface area contributed by atoms with Gasteiger partial charge in [-0.3, -0.25) is 24.3 Å². The van der Waals surface area contributed by atoms with Gasteiger partial charge >= 0.3 is 5.76 Å². The Hall–Kier alpha value is -4.35. The maximum atomic E-state index is 12.9. The fourth-order valence-electron chi connectivity index (χ4n) is 3.83. The molecule has 12 heteroatoms. The largest absolute Gasteiger partial charge is 0.497 e. The van der Waals surface area contributed by atoms with Crippen molar-refractivity contribution in [1.29, 1.82) is 0 Å². The number of amides is 2. The van der Waals surface area contributed by atoms with Gasteiger partial charge in [-0.15, -0.1) is 0 Å². The van der Waals surface area contributed by atoms with Crippen molar-refractivity contribution in [2.75, 3.05) is 40.4 Å². The molecule has 1 aliphatic rings. The van der Waals surface area contributed by atoms with E-state index in [2.05, 4.69) is 0 Å². The quantitative estimate of drug-likeness (QED) is 0.390. The predicted molar refractivity (Wildman–Crippen MR) is 119 cm³/mol. The summed E-state index contributed by atoms with van der Waals surface area (Å²) in [4.78, 5) is 51.5. The highest BCUT2D eigenvalue weighted by Crippen LogP contribution is 2.24. The summed E-state index contributed by atoms with van der Waals surface area (Å²) < 4.78 is 16.7. The molecule has 34 heavy (non-hydrogen) atoms. The number of piperazine rings is 1. The van der Waals surface area contributed by atoms with Gasteiger partial charge in [0.05, 0.1) is 30.7 Å². The van der Waals surface area contributed by atoms with E-state index in [1.54, 1.807) is 28.0 Å². The molecule has 178 valence electrons. The van der Waals surface area contributed by atoms with E-state index in [0.717, 1.165) is 10.6 Å². The number of aromatic nitrogens is 1. The van der Waals surface area contributed by atoms with Crippen molar-refractivity contribution in [3.8, 4) is 11.5 Å². The molecule has 1 saturated heterocycles. The highest BCUT2D eigenvalue weighted by Gasteiger charge is 2.26. The lowest BCUT2D eigenvalue weighted by molar-refractivity contribution is -0.384. The first kappa shape index (κ1) is 22.8. The molecule has 0 saturated carbocycles. The lowest BCUT2D eigenvalue weighted by Crippen LogP contribution is -2.51. The number of carbonyl (C=O) groups excluding carboxylic acids is 2. The molecular formula is C22H22N4O8. The Morgan fingerprint density at radius 1 is 1.00 bits per heavy atom. The van der Waals surface area contributed by atoms with Crippen LogP contribution >= 0.6 is 0 Å². The summed E-state index contributed by atoms with van der Waals surface area (Å²) in [5.74, 6) is -0.301. The van der Waals surface area contributed by atoms with Gasteiger partial charge < -0.3 is 23.7 Å². The lowest BCUT2D eigenvalue weighted by atomic mass is 10.1. The topological polar surface area (TPSA) is 137 Å². The van der Waals surface area contributed by atoms with Crippen molar-refractivity contribution in [3.63, 3.8) is 0 Å². The van der Waals surface area contributed by atoms with Gasteiger partial charge in [0.25, 0.3) is 11.6 Å². The molecule has 0 bridgehead atoms. The molecule has 0 atom stereocenters. The van der Waals surface area contributed by atoms with E-state index < -0.39 is 10.7 Å². The zero-order valence-electron chi connectivity index (χ0n) is 18.6. The number of nitrogens with zero attached hydrogens (tertiary/aromatic N) is 4. The van der Waals surface area contributed by atoms with Crippen LogP contribution in [0.15, 0.2) is 45.6 Å². The lowest BCUT2D eigenvalue weighted by Gasteiger charge is -2.35. The monoisotopic (exact) mass is 470 g/mol. The highest BCUT2D eigenvalue weighted by atomic mass is 16.6. The normalized spacial score (nSPS) is 13.7. The summed E-state index contributed by atoms with van der Waals surface area (Å²) in [6.07, 6.45) is 0. The van der Waals surface area contributed by atoms with Crippen LogP contribution in [0, 0.1) is 10.1 Å². The van der Waals surface area contributed by atoms with E-state index in [1.807, 2.05) is 0 Å².